The Morgan fingerprint density at radius 1 is 1.59 bits per heavy atom. The summed E-state index contributed by atoms with van der Waals surface area (Å²) in [6.07, 6.45) is 1.64. The Morgan fingerprint density at radius 3 is 2.94 bits per heavy atom. The predicted octanol–water partition coefficient (Wildman–Crippen LogP) is 2.75. The molecule has 17 heavy (non-hydrogen) atoms. The van der Waals surface area contributed by atoms with Gasteiger partial charge in [0.05, 0.1) is 10.7 Å². The minimum Gasteiger partial charge on any atom is -0.373 e. The largest absolute Gasteiger partial charge is 0.373 e. The number of hydrogen-bond donors (Lipinski definition) is 2. The molecule has 1 amide bonds. The summed E-state index contributed by atoms with van der Waals surface area (Å²) in [5.41, 5.74) is 1.86. The van der Waals surface area contributed by atoms with Gasteiger partial charge in [0.2, 0.25) is 5.91 Å². The average Bonchev–Trinajstić information content (AvgIpc) is 2.30. The van der Waals surface area contributed by atoms with Crippen LogP contribution in [-0.4, -0.2) is 18.5 Å². The molecule has 1 unspecified atom stereocenters. The number of carbonyl (C=O) groups is 1. The summed E-state index contributed by atoms with van der Waals surface area (Å²) in [5, 5.41) is 6.42. The SMILES string of the molecule is C=CCNC(=O)C(C)Nc1cc(C)ccc1Cl. The zero-order valence-corrected chi connectivity index (χ0v) is 10.8. The fraction of sp³-hybridized carbons (Fsp3) is 0.308. The first kappa shape index (κ1) is 13.6. The molecule has 1 aromatic rings. The third kappa shape index (κ3) is 4.11. The molecule has 0 bridgehead atoms. The Balaban J connectivity index is 2.66. The molecule has 0 fully saturated rings. The Labute approximate surface area is 107 Å². The number of carbonyl (C=O) groups excluding carboxylic acids is 1. The van der Waals surface area contributed by atoms with Gasteiger partial charge in [-0.3, -0.25) is 4.79 Å². The van der Waals surface area contributed by atoms with E-state index < -0.39 is 0 Å². The van der Waals surface area contributed by atoms with Crippen LogP contribution in [0.5, 0.6) is 0 Å². The molecule has 1 aromatic carbocycles. The first-order valence-electron chi connectivity index (χ1n) is 5.46. The summed E-state index contributed by atoms with van der Waals surface area (Å²) < 4.78 is 0. The molecule has 0 aromatic heterocycles. The number of hydrogen-bond acceptors (Lipinski definition) is 2. The fourth-order valence-corrected chi connectivity index (χ4v) is 1.55. The number of aryl methyl sites for hydroxylation is 1. The molecule has 4 heteroatoms. The van der Waals surface area contributed by atoms with Gasteiger partial charge in [-0.15, -0.1) is 6.58 Å². The highest BCUT2D eigenvalue weighted by Gasteiger charge is 2.12. The summed E-state index contributed by atoms with van der Waals surface area (Å²) in [4.78, 5) is 11.6. The van der Waals surface area contributed by atoms with Gasteiger partial charge in [-0.25, -0.2) is 0 Å². The van der Waals surface area contributed by atoms with Crippen molar-refractivity contribution in [2.24, 2.45) is 0 Å². The lowest BCUT2D eigenvalue weighted by molar-refractivity contribution is -0.121. The van der Waals surface area contributed by atoms with Crippen molar-refractivity contribution in [3.05, 3.63) is 41.4 Å². The van der Waals surface area contributed by atoms with Crippen molar-refractivity contribution >= 4 is 23.2 Å². The van der Waals surface area contributed by atoms with Gasteiger partial charge in [0.15, 0.2) is 0 Å². The van der Waals surface area contributed by atoms with E-state index in [1.807, 2.05) is 25.1 Å². The van der Waals surface area contributed by atoms with Gasteiger partial charge in [0.1, 0.15) is 6.04 Å². The van der Waals surface area contributed by atoms with Gasteiger partial charge in [-0.2, -0.15) is 0 Å². The summed E-state index contributed by atoms with van der Waals surface area (Å²) in [7, 11) is 0. The second kappa shape index (κ2) is 6.30. The maximum atomic E-state index is 11.6. The van der Waals surface area contributed by atoms with Crippen LogP contribution in [-0.2, 0) is 4.79 Å². The number of nitrogens with one attached hydrogen (secondary N) is 2. The monoisotopic (exact) mass is 252 g/mol. The molecule has 1 rings (SSSR count). The van der Waals surface area contributed by atoms with Crippen molar-refractivity contribution < 1.29 is 4.79 Å². The highest BCUT2D eigenvalue weighted by Crippen LogP contribution is 2.23. The van der Waals surface area contributed by atoms with Gasteiger partial charge in [-0.1, -0.05) is 23.7 Å². The smallest absolute Gasteiger partial charge is 0.242 e. The summed E-state index contributed by atoms with van der Waals surface area (Å²) >= 11 is 6.04. The molecule has 0 saturated heterocycles. The van der Waals surface area contributed by atoms with Crippen molar-refractivity contribution in [1.82, 2.24) is 5.32 Å². The first-order chi connectivity index (χ1) is 8.04. The van der Waals surface area contributed by atoms with E-state index in [0.29, 0.717) is 11.6 Å². The van der Waals surface area contributed by atoms with Crippen LogP contribution in [0.25, 0.3) is 0 Å². The molecule has 0 aliphatic heterocycles. The van der Waals surface area contributed by atoms with Crippen molar-refractivity contribution in [1.29, 1.82) is 0 Å². The molecular formula is C13H17ClN2O. The minimum absolute atomic E-state index is 0.0810. The van der Waals surface area contributed by atoms with Crippen LogP contribution < -0.4 is 10.6 Å². The van der Waals surface area contributed by atoms with E-state index in [2.05, 4.69) is 17.2 Å². The summed E-state index contributed by atoms with van der Waals surface area (Å²) in [6.45, 7) is 7.78. The van der Waals surface area contributed by atoms with Gasteiger partial charge in [0, 0.05) is 6.54 Å². The highest BCUT2D eigenvalue weighted by molar-refractivity contribution is 6.33. The molecule has 1 atom stereocenters. The van der Waals surface area contributed by atoms with Crippen LogP contribution >= 0.6 is 11.6 Å². The van der Waals surface area contributed by atoms with Crippen LogP contribution in [0.4, 0.5) is 5.69 Å². The molecule has 0 aliphatic rings. The number of rotatable bonds is 5. The Hall–Kier alpha value is -1.48. The lowest BCUT2D eigenvalue weighted by atomic mass is 10.2. The van der Waals surface area contributed by atoms with E-state index in [9.17, 15) is 4.79 Å². The number of anilines is 1. The molecular weight excluding hydrogens is 236 g/mol. The van der Waals surface area contributed by atoms with Crippen LogP contribution in [0.2, 0.25) is 5.02 Å². The van der Waals surface area contributed by atoms with E-state index in [0.717, 1.165) is 11.3 Å². The van der Waals surface area contributed by atoms with Gasteiger partial charge in [0.25, 0.3) is 0 Å². The topological polar surface area (TPSA) is 41.1 Å². The maximum Gasteiger partial charge on any atom is 0.242 e. The van der Waals surface area contributed by atoms with Crippen LogP contribution in [0.15, 0.2) is 30.9 Å². The lowest BCUT2D eigenvalue weighted by Crippen LogP contribution is -2.37. The number of benzene rings is 1. The molecule has 92 valence electrons. The number of halogens is 1. The van der Waals surface area contributed by atoms with Crippen molar-refractivity contribution in [3.63, 3.8) is 0 Å². The van der Waals surface area contributed by atoms with Crippen molar-refractivity contribution in [3.8, 4) is 0 Å². The van der Waals surface area contributed by atoms with E-state index in [1.54, 1.807) is 13.0 Å². The minimum atomic E-state index is -0.339. The third-order valence-corrected chi connectivity index (χ3v) is 2.64. The van der Waals surface area contributed by atoms with Crippen LogP contribution in [0.1, 0.15) is 12.5 Å². The number of amides is 1. The predicted molar refractivity (Wildman–Crippen MR) is 72.5 cm³/mol. The van der Waals surface area contributed by atoms with Gasteiger partial charge in [-0.05, 0) is 31.5 Å². The third-order valence-electron chi connectivity index (χ3n) is 2.31. The van der Waals surface area contributed by atoms with Gasteiger partial charge < -0.3 is 10.6 Å². The van der Waals surface area contributed by atoms with Crippen molar-refractivity contribution in [2.45, 2.75) is 19.9 Å². The molecule has 0 heterocycles. The Bertz CT molecular complexity index is 418. The second-order valence-corrected chi connectivity index (χ2v) is 4.29. The molecule has 0 aliphatic carbocycles. The normalized spacial score (nSPS) is 11.7. The van der Waals surface area contributed by atoms with Crippen LogP contribution in [0, 0.1) is 6.92 Å². The lowest BCUT2D eigenvalue weighted by Gasteiger charge is -2.16. The summed E-state index contributed by atoms with van der Waals surface area (Å²) in [6, 6.07) is 5.32. The second-order valence-electron chi connectivity index (χ2n) is 3.88. The van der Waals surface area contributed by atoms with E-state index in [1.165, 1.54) is 0 Å². The van der Waals surface area contributed by atoms with E-state index in [-0.39, 0.29) is 11.9 Å². The Kier molecular flexibility index (Phi) is 5.04. The summed E-state index contributed by atoms with van der Waals surface area (Å²) in [5.74, 6) is -0.0810. The standard InChI is InChI=1S/C13H17ClN2O/c1-4-7-15-13(17)10(3)16-12-8-9(2)5-6-11(12)14/h4-6,8,10,16H,1,7H2,2-3H3,(H,15,17). The fourth-order valence-electron chi connectivity index (χ4n) is 1.37. The molecule has 0 saturated carbocycles. The molecule has 0 spiro atoms. The maximum absolute atomic E-state index is 11.6. The van der Waals surface area contributed by atoms with E-state index >= 15 is 0 Å². The van der Waals surface area contributed by atoms with Gasteiger partial charge >= 0.3 is 0 Å². The van der Waals surface area contributed by atoms with E-state index in [4.69, 9.17) is 11.6 Å². The zero-order valence-electron chi connectivity index (χ0n) is 10.1. The molecule has 0 radical (unpaired) electrons. The molecule has 2 N–H and O–H groups in total. The highest BCUT2D eigenvalue weighted by atomic mass is 35.5. The molecule has 3 nitrogen and oxygen atoms in total. The average molecular weight is 253 g/mol. The van der Waals surface area contributed by atoms with Crippen molar-refractivity contribution in [2.75, 3.05) is 11.9 Å². The van der Waals surface area contributed by atoms with Crippen LogP contribution in [0.3, 0.4) is 0 Å². The Morgan fingerprint density at radius 2 is 2.29 bits per heavy atom. The first-order valence-corrected chi connectivity index (χ1v) is 5.83. The zero-order chi connectivity index (χ0) is 12.8. The quantitative estimate of drug-likeness (QED) is 0.792.